The highest BCUT2D eigenvalue weighted by molar-refractivity contribution is 6.28. The molecule has 116 valence electrons. The average molecular weight is 312 g/mol. The Hall–Kier alpha value is -1.14. The summed E-state index contributed by atoms with van der Waals surface area (Å²) < 4.78 is 5.35. The molecule has 7 heteroatoms. The van der Waals surface area contributed by atoms with Gasteiger partial charge in [0, 0.05) is 19.6 Å². The van der Waals surface area contributed by atoms with Crippen LogP contribution in [0, 0.1) is 11.3 Å². The van der Waals surface area contributed by atoms with Gasteiger partial charge in [0.2, 0.25) is 17.2 Å². The van der Waals surface area contributed by atoms with Crippen LogP contribution in [0.25, 0.3) is 0 Å². The summed E-state index contributed by atoms with van der Waals surface area (Å²) in [4.78, 5) is 15.0. The van der Waals surface area contributed by atoms with Crippen LogP contribution in [0.1, 0.15) is 26.7 Å². The molecule has 1 N–H and O–H groups in total. The van der Waals surface area contributed by atoms with Crippen LogP contribution >= 0.6 is 11.6 Å². The molecule has 3 rings (SSSR count). The summed E-state index contributed by atoms with van der Waals surface area (Å²) in [5.41, 5.74) is 0.401. The third-order valence-electron chi connectivity index (χ3n) is 4.61. The molecule has 2 fully saturated rings. The van der Waals surface area contributed by atoms with E-state index in [4.69, 9.17) is 16.3 Å². The maximum Gasteiger partial charge on any atom is 0.231 e. The number of hydrogen-bond donors (Lipinski definition) is 1. The molecule has 0 atom stereocenters. The number of rotatable bonds is 5. The van der Waals surface area contributed by atoms with Gasteiger partial charge >= 0.3 is 0 Å². The second kappa shape index (κ2) is 5.93. The van der Waals surface area contributed by atoms with E-state index in [1.54, 1.807) is 0 Å². The Balaban J connectivity index is 1.69. The first-order chi connectivity index (χ1) is 10.1. The van der Waals surface area contributed by atoms with Crippen molar-refractivity contribution in [1.29, 1.82) is 0 Å². The average Bonchev–Trinajstić information content (AvgIpc) is 3.27. The Kier molecular flexibility index (Phi) is 4.17. The number of nitrogens with one attached hydrogen (secondary N) is 1. The van der Waals surface area contributed by atoms with Crippen LogP contribution in [0.3, 0.4) is 0 Å². The first-order valence-electron chi connectivity index (χ1n) is 7.57. The smallest absolute Gasteiger partial charge is 0.231 e. The number of hydrogen-bond acceptors (Lipinski definition) is 6. The van der Waals surface area contributed by atoms with Crippen LogP contribution in [-0.4, -0.2) is 47.8 Å². The summed E-state index contributed by atoms with van der Waals surface area (Å²) in [5, 5.41) is 3.58. The fourth-order valence-electron chi connectivity index (χ4n) is 2.70. The van der Waals surface area contributed by atoms with Crippen LogP contribution in [0.2, 0.25) is 5.28 Å². The zero-order chi connectivity index (χ0) is 14.9. The molecule has 1 aromatic rings. The number of morpholine rings is 1. The first-order valence-corrected chi connectivity index (χ1v) is 7.95. The van der Waals surface area contributed by atoms with Crippen molar-refractivity contribution in [2.45, 2.75) is 26.7 Å². The first kappa shape index (κ1) is 14.8. The highest BCUT2D eigenvalue weighted by Gasteiger charge is 2.45. The predicted molar refractivity (Wildman–Crippen MR) is 82.9 cm³/mol. The molecule has 0 amide bonds. The minimum Gasteiger partial charge on any atom is -0.378 e. The second-order valence-electron chi connectivity index (χ2n) is 6.20. The molecule has 2 heterocycles. The molecular formula is C14H22ClN5O. The van der Waals surface area contributed by atoms with Gasteiger partial charge in [-0.05, 0) is 35.8 Å². The molecule has 1 saturated heterocycles. The van der Waals surface area contributed by atoms with Gasteiger partial charge in [-0.3, -0.25) is 0 Å². The lowest BCUT2D eigenvalue weighted by Gasteiger charge is -2.27. The van der Waals surface area contributed by atoms with E-state index < -0.39 is 0 Å². The van der Waals surface area contributed by atoms with Gasteiger partial charge < -0.3 is 15.0 Å². The molecule has 0 bridgehead atoms. The highest BCUT2D eigenvalue weighted by Crippen LogP contribution is 2.51. The standard InChI is InChI=1S/C14H22ClN5O/c1-10(2)14(3-4-14)9-16-12-17-11(15)18-13(19-12)20-5-7-21-8-6-20/h10H,3-9H2,1-2H3,(H,16,17,18,19). The van der Waals surface area contributed by atoms with Gasteiger partial charge in [-0.15, -0.1) is 0 Å². The van der Waals surface area contributed by atoms with Gasteiger partial charge in [0.25, 0.3) is 0 Å². The number of aromatic nitrogens is 3. The van der Waals surface area contributed by atoms with E-state index >= 15 is 0 Å². The van der Waals surface area contributed by atoms with Crippen molar-refractivity contribution in [3.8, 4) is 0 Å². The van der Waals surface area contributed by atoms with Crippen molar-refractivity contribution in [3.05, 3.63) is 5.28 Å². The van der Waals surface area contributed by atoms with Crippen molar-refractivity contribution in [2.75, 3.05) is 43.1 Å². The molecule has 21 heavy (non-hydrogen) atoms. The topological polar surface area (TPSA) is 63.2 Å². The van der Waals surface area contributed by atoms with E-state index in [9.17, 15) is 0 Å². The molecule has 1 aliphatic carbocycles. The molecule has 1 saturated carbocycles. The van der Waals surface area contributed by atoms with Crippen molar-refractivity contribution in [2.24, 2.45) is 11.3 Å². The monoisotopic (exact) mass is 311 g/mol. The normalized spacial score (nSPS) is 20.7. The van der Waals surface area contributed by atoms with Gasteiger partial charge in [0.15, 0.2) is 0 Å². The van der Waals surface area contributed by atoms with E-state index in [1.165, 1.54) is 12.8 Å². The third-order valence-corrected chi connectivity index (χ3v) is 4.77. The molecule has 0 spiro atoms. The maximum atomic E-state index is 6.04. The summed E-state index contributed by atoms with van der Waals surface area (Å²) in [5.74, 6) is 1.87. The van der Waals surface area contributed by atoms with E-state index in [2.05, 4.69) is 39.0 Å². The Morgan fingerprint density at radius 2 is 1.95 bits per heavy atom. The largest absolute Gasteiger partial charge is 0.378 e. The Morgan fingerprint density at radius 3 is 2.57 bits per heavy atom. The van der Waals surface area contributed by atoms with Crippen LogP contribution in [0.15, 0.2) is 0 Å². The molecule has 0 unspecified atom stereocenters. The molecule has 0 radical (unpaired) electrons. The van der Waals surface area contributed by atoms with Gasteiger partial charge in [0.05, 0.1) is 13.2 Å². The van der Waals surface area contributed by atoms with Crippen molar-refractivity contribution < 1.29 is 4.74 Å². The van der Waals surface area contributed by atoms with Gasteiger partial charge in [-0.1, -0.05) is 13.8 Å². The van der Waals surface area contributed by atoms with Crippen LogP contribution < -0.4 is 10.2 Å². The van der Waals surface area contributed by atoms with Gasteiger partial charge in [-0.25, -0.2) is 0 Å². The second-order valence-corrected chi connectivity index (χ2v) is 6.54. The Morgan fingerprint density at radius 1 is 1.24 bits per heavy atom. The minimum absolute atomic E-state index is 0.239. The lowest BCUT2D eigenvalue weighted by Crippen LogP contribution is -2.37. The summed E-state index contributed by atoms with van der Waals surface area (Å²) in [6, 6.07) is 0. The Bertz CT molecular complexity index is 500. The number of anilines is 2. The summed E-state index contributed by atoms with van der Waals surface area (Å²) in [6.07, 6.45) is 2.54. The van der Waals surface area contributed by atoms with E-state index in [0.717, 1.165) is 19.6 Å². The lowest BCUT2D eigenvalue weighted by molar-refractivity contribution is 0.122. The highest BCUT2D eigenvalue weighted by atomic mass is 35.5. The molecule has 6 nitrogen and oxygen atoms in total. The summed E-state index contributed by atoms with van der Waals surface area (Å²) >= 11 is 6.04. The quantitative estimate of drug-likeness (QED) is 0.899. The fraction of sp³-hybridized carbons (Fsp3) is 0.786. The van der Waals surface area contributed by atoms with Crippen LogP contribution in [0.4, 0.5) is 11.9 Å². The zero-order valence-electron chi connectivity index (χ0n) is 12.6. The summed E-state index contributed by atoms with van der Waals surface area (Å²) in [6.45, 7) is 8.41. The van der Waals surface area contributed by atoms with Crippen LogP contribution in [-0.2, 0) is 4.74 Å². The molecule has 1 aromatic heterocycles. The van der Waals surface area contributed by atoms with E-state index in [0.29, 0.717) is 36.4 Å². The van der Waals surface area contributed by atoms with Gasteiger partial charge in [-0.2, -0.15) is 15.0 Å². The van der Waals surface area contributed by atoms with Crippen molar-refractivity contribution in [1.82, 2.24) is 15.0 Å². The third kappa shape index (κ3) is 3.37. The van der Waals surface area contributed by atoms with E-state index in [-0.39, 0.29) is 5.28 Å². The molecule has 1 aliphatic heterocycles. The minimum atomic E-state index is 0.239. The lowest BCUT2D eigenvalue weighted by atomic mass is 9.92. The summed E-state index contributed by atoms with van der Waals surface area (Å²) in [7, 11) is 0. The fourth-order valence-corrected chi connectivity index (χ4v) is 2.85. The zero-order valence-corrected chi connectivity index (χ0v) is 13.4. The Labute approximate surface area is 130 Å². The molecule has 2 aliphatic rings. The van der Waals surface area contributed by atoms with Gasteiger partial charge in [0.1, 0.15) is 0 Å². The van der Waals surface area contributed by atoms with Crippen molar-refractivity contribution in [3.63, 3.8) is 0 Å². The SMILES string of the molecule is CC(C)C1(CNc2nc(Cl)nc(N3CCOCC3)n2)CC1. The molecule has 0 aromatic carbocycles. The van der Waals surface area contributed by atoms with E-state index in [1.807, 2.05) is 0 Å². The number of ether oxygens (including phenoxy) is 1. The van der Waals surface area contributed by atoms with Crippen LogP contribution in [0.5, 0.6) is 0 Å². The number of nitrogens with zero attached hydrogens (tertiary/aromatic N) is 4. The predicted octanol–water partition coefficient (Wildman–Crippen LogP) is 2.21. The van der Waals surface area contributed by atoms with Crippen molar-refractivity contribution >= 4 is 23.5 Å². The maximum absolute atomic E-state index is 6.04. The molecular weight excluding hydrogens is 290 g/mol. The number of halogens is 1.